The van der Waals surface area contributed by atoms with Crippen LogP contribution in [0.5, 0.6) is 0 Å². The normalized spacial score (nSPS) is 14.3. The summed E-state index contributed by atoms with van der Waals surface area (Å²) in [6, 6.07) is 9.16. The number of hydrogen-bond donors (Lipinski definition) is 1. The van der Waals surface area contributed by atoms with Crippen LogP contribution in [-0.4, -0.2) is 25.3 Å². The fourth-order valence-electron chi connectivity index (χ4n) is 1.55. The second kappa shape index (κ2) is 6.52. The van der Waals surface area contributed by atoms with Gasteiger partial charge in [-0.3, -0.25) is 0 Å². The molecular weight excluding hydrogens is 230 g/mol. The van der Waals surface area contributed by atoms with Crippen molar-refractivity contribution in [1.82, 2.24) is 0 Å². The van der Waals surface area contributed by atoms with Crippen LogP contribution in [0.2, 0.25) is 0 Å². The highest BCUT2D eigenvalue weighted by Gasteiger charge is 2.38. The topological polar surface area (TPSA) is 61.5 Å². The Kier molecular flexibility index (Phi) is 5.31. The van der Waals surface area contributed by atoms with Crippen LogP contribution in [0.25, 0.3) is 0 Å². The first-order chi connectivity index (χ1) is 8.50. The lowest BCUT2D eigenvalue weighted by molar-refractivity contribution is -0.153. The third kappa shape index (κ3) is 3.55. The van der Waals surface area contributed by atoms with Gasteiger partial charge in [0, 0.05) is 0 Å². The Morgan fingerprint density at radius 2 is 1.94 bits per heavy atom. The van der Waals surface area contributed by atoms with E-state index in [1.54, 1.807) is 19.1 Å². The summed E-state index contributed by atoms with van der Waals surface area (Å²) in [4.78, 5) is 12.1. The van der Waals surface area contributed by atoms with E-state index in [1.807, 2.05) is 32.0 Å². The Morgan fingerprint density at radius 3 is 2.44 bits per heavy atom. The quantitative estimate of drug-likeness (QED) is 0.783. The van der Waals surface area contributed by atoms with Crippen molar-refractivity contribution in [3.8, 4) is 0 Å². The van der Waals surface area contributed by atoms with Crippen LogP contribution < -0.4 is 5.73 Å². The highest BCUT2D eigenvalue weighted by atomic mass is 16.5. The van der Waals surface area contributed by atoms with Crippen LogP contribution >= 0.6 is 0 Å². The zero-order valence-corrected chi connectivity index (χ0v) is 11.2. The second-order valence-electron chi connectivity index (χ2n) is 4.42. The largest absolute Gasteiger partial charge is 0.464 e. The average Bonchev–Trinajstić information content (AvgIpc) is 2.37. The van der Waals surface area contributed by atoms with Gasteiger partial charge in [-0.2, -0.15) is 0 Å². The Bertz CT molecular complexity index is 378. The molecule has 1 aromatic rings. The van der Waals surface area contributed by atoms with Crippen molar-refractivity contribution in [2.24, 2.45) is 5.73 Å². The van der Waals surface area contributed by atoms with Crippen LogP contribution in [-0.2, 0) is 19.8 Å². The van der Waals surface area contributed by atoms with E-state index in [-0.39, 0.29) is 12.7 Å². The molecule has 0 saturated heterocycles. The third-order valence-electron chi connectivity index (χ3n) is 2.57. The number of carbonyl (C=O) groups excluding carboxylic acids is 1. The van der Waals surface area contributed by atoms with E-state index in [0.29, 0.717) is 12.2 Å². The van der Waals surface area contributed by atoms with Gasteiger partial charge in [0.15, 0.2) is 5.54 Å². The number of nitrogens with two attached hydrogens (primary N) is 1. The van der Waals surface area contributed by atoms with Crippen molar-refractivity contribution in [3.05, 3.63) is 35.9 Å². The molecule has 1 unspecified atom stereocenters. The molecule has 0 aromatic heterocycles. The van der Waals surface area contributed by atoms with E-state index in [4.69, 9.17) is 15.2 Å². The lowest BCUT2D eigenvalue weighted by Crippen LogP contribution is -2.50. The highest BCUT2D eigenvalue weighted by Crippen LogP contribution is 2.21. The molecule has 1 aromatic carbocycles. The molecule has 0 aliphatic heterocycles. The molecule has 1 rings (SSSR count). The average molecular weight is 251 g/mol. The minimum absolute atomic E-state index is 0.00561. The van der Waals surface area contributed by atoms with Gasteiger partial charge in [-0.05, 0) is 26.3 Å². The number of hydrogen-bond acceptors (Lipinski definition) is 4. The molecule has 0 radical (unpaired) electrons. The lowest BCUT2D eigenvalue weighted by atomic mass is 9.92. The van der Waals surface area contributed by atoms with Crippen LogP contribution in [0.1, 0.15) is 26.3 Å². The van der Waals surface area contributed by atoms with Crippen LogP contribution in [0.4, 0.5) is 0 Å². The van der Waals surface area contributed by atoms with Gasteiger partial charge in [0.2, 0.25) is 0 Å². The number of benzene rings is 1. The van der Waals surface area contributed by atoms with Gasteiger partial charge in [0.1, 0.15) is 0 Å². The van der Waals surface area contributed by atoms with E-state index in [9.17, 15) is 4.79 Å². The molecule has 18 heavy (non-hydrogen) atoms. The molecule has 1 atom stereocenters. The Morgan fingerprint density at radius 1 is 1.33 bits per heavy atom. The molecule has 0 amide bonds. The highest BCUT2D eigenvalue weighted by molar-refractivity contribution is 5.82. The van der Waals surface area contributed by atoms with Crippen molar-refractivity contribution in [2.75, 3.05) is 13.2 Å². The summed E-state index contributed by atoms with van der Waals surface area (Å²) in [6.07, 6.45) is 0.00561. The third-order valence-corrected chi connectivity index (χ3v) is 2.57. The Labute approximate surface area is 108 Å². The standard InChI is InChI=1S/C14H21NO3/c1-4-17-13(16)14(15,10-18-11(2)3)12-8-6-5-7-9-12/h5-9,11H,4,10,15H2,1-3H3. The van der Waals surface area contributed by atoms with Crippen molar-refractivity contribution in [2.45, 2.75) is 32.4 Å². The lowest BCUT2D eigenvalue weighted by Gasteiger charge is -2.28. The smallest absolute Gasteiger partial charge is 0.333 e. The van der Waals surface area contributed by atoms with E-state index in [2.05, 4.69) is 0 Å². The summed E-state index contributed by atoms with van der Waals surface area (Å²) in [5.74, 6) is -0.461. The number of esters is 1. The minimum Gasteiger partial charge on any atom is -0.464 e. The zero-order chi connectivity index (χ0) is 13.6. The predicted octanol–water partition coefficient (Wildman–Crippen LogP) is 1.83. The molecule has 0 saturated carbocycles. The van der Waals surface area contributed by atoms with Gasteiger partial charge in [-0.25, -0.2) is 4.79 Å². The maximum Gasteiger partial charge on any atom is 0.333 e. The first kappa shape index (κ1) is 14.7. The molecule has 0 heterocycles. The van der Waals surface area contributed by atoms with E-state index in [1.165, 1.54) is 0 Å². The molecule has 0 fully saturated rings. The summed E-state index contributed by atoms with van der Waals surface area (Å²) in [5, 5.41) is 0. The second-order valence-corrected chi connectivity index (χ2v) is 4.42. The fraction of sp³-hybridized carbons (Fsp3) is 0.500. The first-order valence-electron chi connectivity index (χ1n) is 6.14. The van der Waals surface area contributed by atoms with Gasteiger partial charge < -0.3 is 15.2 Å². The maximum atomic E-state index is 12.1. The molecule has 100 valence electrons. The fourth-order valence-corrected chi connectivity index (χ4v) is 1.55. The summed E-state index contributed by atoms with van der Waals surface area (Å²) < 4.78 is 10.6. The van der Waals surface area contributed by atoms with Crippen molar-refractivity contribution >= 4 is 5.97 Å². The molecule has 4 heteroatoms. The monoisotopic (exact) mass is 251 g/mol. The van der Waals surface area contributed by atoms with Crippen LogP contribution in [0.3, 0.4) is 0 Å². The Hall–Kier alpha value is -1.39. The molecule has 0 spiro atoms. The number of carbonyl (C=O) groups is 1. The summed E-state index contributed by atoms with van der Waals surface area (Å²) >= 11 is 0. The maximum absolute atomic E-state index is 12.1. The van der Waals surface area contributed by atoms with Crippen LogP contribution in [0.15, 0.2) is 30.3 Å². The van der Waals surface area contributed by atoms with Gasteiger partial charge in [0.05, 0.1) is 19.3 Å². The SMILES string of the molecule is CCOC(=O)C(N)(COC(C)C)c1ccccc1. The molecule has 0 bridgehead atoms. The zero-order valence-electron chi connectivity index (χ0n) is 11.2. The minimum atomic E-state index is -1.25. The van der Waals surface area contributed by atoms with E-state index < -0.39 is 11.5 Å². The van der Waals surface area contributed by atoms with Gasteiger partial charge in [0.25, 0.3) is 0 Å². The molecule has 0 aliphatic rings. The first-order valence-corrected chi connectivity index (χ1v) is 6.14. The summed E-state index contributed by atoms with van der Waals surface area (Å²) in [7, 11) is 0. The van der Waals surface area contributed by atoms with E-state index in [0.717, 1.165) is 0 Å². The van der Waals surface area contributed by atoms with Gasteiger partial charge in [-0.15, -0.1) is 0 Å². The molecule has 2 N–H and O–H groups in total. The van der Waals surface area contributed by atoms with Crippen molar-refractivity contribution in [1.29, 1.82) is 0 Å². The van der Waals surface area contributed by atoms with Gasteiger partial charge in [-0.1, -0.05) is 30.3 Å². The summed E-state index contributed by atoms with van der Waals surface area (Å²) in [5.41, 5.74) is 5.65. The van der Waals surface area contributed by atoms with Crippen LogP contribution in [0, 0.1) is 0 Å². The molecule has 0 aliphatic carbocycles. The number of ether oxygens (including phenoxy) is 2. The Balaban J connectivity index is 2.97. The van der Waals surface area contributed by atoms with Crippen molar-refractivity contribution in [3.63, 3.8) is 0 Å². The number of rotatable bonds is 6. The molecule has 4 nitrogen and oxygen atoms in total. The van der Waals surface area contributed by atoms with Crippen molar-refractivity contribution < 1.29 is 14.3 Å². The summed E-state index contributed by atoms with van der Waals surface area (Å²) in [6.45, 7) is 5.96. The predicted molar refractivity (Wildman–Crippen MR) is 70.0 cm³/mol. The van der Waals surface area contributed by atoms with E-state index >= 15 is 0 Å². The molecular formula is C14H21NO3. The van der Waals surface area contributed by atoms with Gasteiger partial charge >= 0.3 is 5.97 Å².